The van der Waals surface area contributed by atoms with E-state index in [2.05, 4.69) is 121 Å². The fourth-order valence-corrected chi connectivity index (χ4v) is 5.27. The largest absolute Gasteiger partial charge is 0.358 e. The normalized spacial score (nSPS) is 20.5. The Balaban J connectivity index is 1.65. The minimum absolute atomic E-state index is 0.0530. The molecule has 0 saturated carbocycles. The lowest BCUT2D eigenvalue weighted by Gasteiger charge is -2.47. The Bertz CT molecular complexity index is 1330. The van der Waals surface area contributed by atoms with Crippen molar-refractivity contribution in [3.05, 3.63) is 112 Å². The molecule has 0 spiro atoms. The van der Waals surface area contributed by atoms with Gasteiger partial charge in [0, 0.05) is 6.42 Å². The number of ether oxygens (including phenoxy) is 1. The number of tetrazole rings is 1. The number of benzene rings is 3. The molecule has 1 saturated heterocycles. The molecule has 1 fully saturated rings. The minimum atomic E-state index is -0.642. The summed E-state index contributed by atoms with van der Waals surface area (Å²) < 4.78 is 6.78. The van der Waals surface area contributed by atoms with Crippen LogP contribution in [0, 0.1) is 20.8 Å². The molecule has 1 aromatic heterocycles. The summed E-state index contributed by atoms with van der Waals surface area (Å²) in [6, 6.07) is 24.4. The summed E-state index contributed by atoms with van der Waals surface area (Å²) in [4.78, 5) is 16.4. The number of H-pyrrole nitrogens is 1. The van der Waals surface area contributed by atoms with Crippen molar-refractivity contribution in [2.24, 2.45) is 0 Å². The van der Waals surface area contributed by atoms with Gasteiger partial charge in [0.1, 0.15) is 12.2 Å². The Hall–Kier alpha value is -3.84. The van der Waals surface area contributed by atoms with Gasteiger partial charge in [0.25, 0.3) is 5.91 Å². The maximum atomic E-state index is 14.4. The summed E-state index contributed by atoms with van der Waals surface area (Å²) in [5, 5.41) is 15.1. The fourth-order valence-electron chi connectivity index (χ4n) is 5.27. The van der Waals surface area contributed by atoms with E-state index in [1.807, 2.05) is 4.90 Å². The molecule has 7 heteroatoms. The van der Waals surface area contributed by atoms with E-state index in [9.17, 15) is 4.79 Å². The molecular formula is C31H35N5O2. The van der Waals surface area contributed by atoms with Gasteiger partial charge in [-0.2, -0.15) is 5.21 Å². The number of amides is 1. The molecule has 1 N–H and O–H groups in total. The van der Waals surface area contributed by atoms with Crippen molar-refractivity contribution < 1.29 is 9.53 Å². The highest BCUT2D eigenvalue weighted by Crippen LogP contribution is 2.46. The van der Waals surface area contributed by atoms with Gasteiger partial charge in [-0.25, -0.2) is 0 Å². The van der Waals surface area contributed by atoms with E-state index in [1.165, 1.54) is 11.1 Å². The van der Waals surface area contributed by atoms with Gasteiger partial charge in [-0.15, -0.1) is 10.2 Å². The Morgan fingerprint density at radius 1 is 0.868 bits per heavy atom. The number of morpholine rings is 1. The van der Waals surface area contributed by atoms with E-state index in [0.717, 1.165) is 28.7 Å². The molecule has 4 aromatic rings. The van der Waals surface area contributed by atoms with Crippen LogP contribution in [0.4, 0.5) is 0 Å². The third kappa shape index (κ3) is 5.38. The topological polar surface area (TPSA) is 84.0 Å². The zero-order valence-corrected chi connectivity index (χ0v) is 22.5. The highest BCUT2D eigenvalue weighted by molar-refractivity contribution is 5.83. The molecule has 5 rings (SSSR count). The maximum absolute atomic E-state index is 14.4. The van der Waals surface area contributed by atoms with Crippen LogP contribution in [0.15, 0.2) is 72.8 Å². The monoisotopic (exact) mass is 509 g/mol. The second kappa shape index (κ2) is 11.3. The van der Waals surface area contributed by atoms with Crippen molar-refractivity contribution in [1.82, 2.24) is 25.5 Å². The molecule has 2 heterocycles. The molecule has 1 aliphatic rings. The zero-order chi connectivity index (χ0) is 26.6. The smallest absolute Gasteiger partial charge is 0.253 e. The first-order valence-corrected chi connectivity index (χ1v) is 13.3. The fraction of sp³-hybridized carbons (Fsp3) is 0.355. The summed E-state index contributed by atoms with van der Waals surface area (Å²) in [5.74, 6) is 0.471. The van der Waals surface area contributed by atoms with Crippen LogP contribution in [0.2, 0.25) is 0 Å². The molecule has 1 amide bonds. The van der Waals surface area contributed by atoms with Crippen LogP contribution in [0.25, 0.3) is 0 Å². The van der Waals surface area contributed by atoms with Gasteiger partial charge in [-0.1, -0.05) is 108 Å². The molecule has 7 nitrogen and oxygen atoms in total. The van der Waals surface area contributed by atoms with Gasteiger partial charge < -0.3 is 9.64 Å². The Morgan fingerprint density at radius 3 is 2.00 bits per heavy atom. The predicted octanol–water partition coefficient (Wildman–Crippen LogP) is 5.92. The second-order valence-electron chi connectivity index (χ2n) is 10.3. The molecule has 0 aliphatic carbocycles. The number of aromatic amines is 1. The van der Waals surface area contributed by atoms with E-state index in [4.69, 9.17) is 4.74 Å². The summed E-state index contributed by atoms with van der Waals surface area (Å²) in [5.41, 5.74) is 6.65. The van der Waals surface area contributed by atoms with Gasteiger partial charge in [0.2, 0.25) is 0 Å². The second-order valence-corrected chi connectivity index (χ2v) is 10.3. The van der Waals surface area contributed by atoms with Crippen molar-refractivity contribution in [3.8, 4) is 0 Å². The van der Waals surface area contributed by atoms with Gasteiger partial charge >= 0.3 is 0 Å². The van der Waals surface area contributed by atoms with Gasteiger partial charge in [-0.05, 0) is 43.9 Å². The molecular weight excluding hydrogens is 474 g/mol. The van der Waals surface area contributed by atoms with E-state index < -0.39 is 6.10 Å². The maximum Gasteiger partial charge on any atom is 0.253 e. The number of aryl methyl sites for hydroxylation is 3. The van der Waals surface area contributed by atoms with Gasteiger partial charge in [-0.3, -0.25) is 4.79 Å². The molecule has 3 aromatic carbocycles. The van der Waals surface area contributed by atoms with Gasteiger partial charge in [0.05, 0.1) is 12.1 Å². The lowest BCUT2D eigenvalue weighted by Crippen LogP contribution is -2.53. The predicted molar refractivity (Wildman–Crippen MR) is 146 cm³/mol. The summed E-state index contributed by atoms with van der Waals surface area (Å²) in [7, 11) is 0. The first-order chi connectivity index (χ1) is 18.4. The van der Waals surface area contributed by atoms with Crippen LogP contribution in [0.1, 0.15) is 77.2 Å². The van der Waals surface area contributed by atoms with E-state index in [1.54, 1.807) is 0 Å². The standard InChI is InChI=1S/C31H35N5O2/c1-5-6-26(30-32-34-35-33-30)36-28(24-15-9-21(3)10-16-24)29(25-17-11-22(4)12-18-25)38-27(31(36)37)19-23-13-7-20(2)8-14-23/h7-18,26-29H,5-6,19H2,1-4H3,(H,32,33,34,35). The number of hydrogen-bond acceptors (Lipinski definition) is 5. The molecule has 0 bridgehead atoms. The Kier molecular flexibility index (Phi) is 7.65. The van der Waals surface area contributed by atoms with Crippen molar-refractivity contribution in [2.45, 2.75) is 71.2 Å². The molecule has 196 valence electrons. The van der Waals surface area contributed by atoms with Crippen molar-refractivity contribution in [3.63, 3.8) is 0 Å². The number of rotatable bonds is 8. The van der Waals surface area contributed by atoms with Crippen molar-refractivity contribution in [2.75, 3.05) is 0 Å². The van der Waals surface area contributed by atoms with Gasteiger partial charge in [0.15, 0.2) is 5.82 Å². The molecule has 1 aliphatic heterocycles. The third-order valence-corrected chi connectivity index (χ3v) is 7.35. The van der Waals surface area contributed by atoms with Crippen LogP contribution in [-0.2, 0) is 16.0 Å². The van der Waals surface area contributed by atoms with Crippen LogP contribution in [0.3, 0.4) is 0 Å². The number of nitrogens with zero attached hydrogens (tertiary/aromatic N) is 4. The summed E-state index contributed by atoms with van der Waals surface area (Å²) >= 11 is 0. The average molecular weight is 510 g/mol. The third-order valence-electron chi connectivity index (χ3n) is 7.35. The van der Waals surface area contributed by atoms with Crippen molar-refractivity contribution in [1.29, 1.82) is 0 Å². The lowest BCUT2D eigenvalue weighted by molar-refractivity contribution is -0.180. The summed E-state index contributed by atoms with van der Waals surface area (Å²) in [6.45, 7) is 8.32. The van der Waals surface area contributed by atoms with Crippen molar-refractivity contribution >= 4 is 5.91 Å². The average Bonchev–Trinajstić information content (AvgIpc) is 3.46. The first kappa shape index (κ1) is 25.8. The number of aromatic nitrogens is 4. The van der Waals surface area contributed by atoms with E-state index >= 15 is 0 Å². The SMILES string of the molecule is CCCC(c1nn[nH]n1)N1C(=O)C(Cc2ccc(C)cc2)OC(c2ccc(C)cc2)C1c1ccc(C)cc1. The Morgan fingerprint density at radius 2 is 1.45 bits per heavy atom. The quantitative estimate of drug-likeness (QED) is 0.319. The number of carbonyl (C=O) groups excluding carboxylic acids is 1. The van der Waals surface area contributed by atoms with E-state index in [-0.39, 0.29) is 24.1 Å². The van der Waals surface area contributed by atoms with Crippen LogP contribution in [-0.4, -0.2) is 37.5 Å². The van der Waals surface area contributed by atoms with Crippen LogP contribution in [0.5, 0.6) is 0 Å². The van der Waals surface area contributed by atoms with E-state index in [0.29, 0.717) is 18.7 Å². The molecule has 38 heavy (non-hydrogen) atoms. The zero-order valence-electron chi connectivity index (χ0n) is 22.5. The molecule has 4 unspecified atom stereocenters. The molecule has 0 radical (unpaired) electrons. The highest BCUT2D eigenvalue weighted by Gasteiger charge is 2.47. The lowest BCUT2D eigenvalue weighted by atomic mass is 9.88. The minimum Gasteiger partial charge on any atom is -0.358 e. The van der Waals surface area contributed by atoms with Crippen LogP contribution >= 0.6 is 0 Å². The Labute approximate surface area is 224 Å². The number of nitrogens with one attached hydrogen (secondary N) is 1. The highest BCUT2D eigenvalue weighted by atomic mass is 16.5. The molecule has 4 atom stereocenters. The number of carbonyl (C=O) groups is 1. The van der Waals surface area contributed by atoms with Crippen LogP contribution < -0.4 is 0 Å². The number of hydrogen-bond donors (Lipinski definition) is 1. The summed E-state index contributed by atoms with van der Waals surface area (Å²) in [6.07, 6.45) is 1.06. The first-order valence-electron chi connectivity index (χ1n) is 13.3.